The van der Waals surface area contributed by atoms with Gasteiger partial charge in [0.1, 0.15) is 0 Å². The number of nitrogens with zero attached hydrogens (tertiary/aromatic N) is 1. The van der Waals surface area contributed by atoms with Crippen molar-refractivity contribution in [2.75, 3.05) is 19.6 Å². The molecule has 0 aromatic heterocycles. The number of carbonyl (C=O) groups excluding carboxylic acids is 1. The lowest BCUT2D eigenvalue weighted by molar-refractivity contribution is -0.125. The number of nitrogens with one attached hydrogen (secondary N) is 1. The minimum absolute atomic E-state index is 0.163. The van der Waals surface area contributed by atoms with E-state index in [-0.39, 0.29) is 11.8 Å². The molecule has 4 rings (SSSR count). The monoisotopic (exact) mass is 424 g/mol. The third kappa shape index (κ3) is 5.86. The fourth-order valence-corrected chi connectivity index (χ4v) is 5.03. The summed E-state index contributed by atoms with van der Waals surface area (Å²) in [5.74, 6) is 0.956. The van der Waals surface area contributed by atoms with Crippen LogP contribution in [0.3, 0.4) is 0 Å². The van der Waals surface area contributed by atoms with Crippen molar-refractivity contribution in [3.05, 3.63) is 70.2 Å². The lowest BCUT2D eigenvalue weighted by atomic mass is 9.78. The van der Waals surface area contributed by atoms with Crippen LogP contribution in [-0.2, 0) is 17.8 Å². The number of hydrogen-bond acceptors (Lipinski definition) is 2. The molecule has 0 unspecified atom stereocenters. The molecule has 1 N–H and O–H groups in total. The Balaban J connectivity index is 1.16. The number of carbonyl (C=O) groups is 1. The average molecular weight is 425 g/mol. The molecular weight excluding hydrogens is 392 g/mol. The minimum atomic E-state index is 0.163. The standard InChI is InChI=1S/C26H33ClN2O/c27-25-13-11-23(12-14-25)22-7-9-24(10-8-22)26(30)28-16-15-20-3-5-21(6-4-20)19-29-17-1-2-18-29/h3-6,11-14,22,24H,1-2,7-10,15-19H2,(H,28,30). The van der Waals surface area contributed by atoms with E-state index in [9.17, 15) is 4.79 Å². The zero-order valence-corrected chi connectivity index (χ0v) is 18.5. The minimum Gasteiger partial charge on any atom is -0.356 e. The fourth-order valence-electron chi connectivity index (χ4n) is 4.91. The largest absolute Gasteiger partial charge is 0.356 e. The molecule has 0 atom stereocenters. The summed E-state index contributed by atoms with van der Waals surface area (Å²) in [4.78, 5) is 15.1. The Morgan fingerprint density at radius 1 is 0.900 bits per heavy atom. The molecule has 30 heavy (non-hydrogen) atoms. The number of benzene rings is 2. The summed E-state index contributed by atoms with van der Waals surface area (Å²) >= 11 is 6.00. The molecule has 1 aliphatic heterocycles. The van der Waals surface area contributed by atoms with Gasteiger partial charge in [-0.2, -0.15) is 0 Å². The smallest absolute Gasteiger partial charge is 0.223 e. The van der Waals surface area contributed by atoms with E-state index in [0.717, 1.165) is 50.2 Å². The van der Waals surface area contributed by atoms with Gasteiger partial charge in [0.25, 0.3) is 0 Å². The van der Waals surface area contributed by atoms with Crippen LogP contribution in [0.2, 0.25) is 5.02 Å². The van der Waals surface area contributed by atoms with Crippen molar-refractivity contribution >= 4 is 17.5 Å². The second-order valence-electron chi connectivity index (χ2n) is 8.94. The third-order valence-electron chi connectivity index (χ3n) is 6.78. The topological polar surface area (TPSA) is 32.3 Å². The molecule has 0 radical (unpaired) electrons. The lowest BCUT2D eigenvalue weighted by Crippen LogP contribution is -2.34. The van der Waals surface area contributed by atoms with E-state index in [0.29, 0.717) is 5.92 Å². The van der Waals surface area contributed by atoms with Crippen molar-refractivity contribution in [2.45, 2.75) is 57.4 Å². The highest BCUT2D eigenvalue weighted by atomic mass is 35.5. The fraction of sp³-hybridized carbons (Fsp3) is 0.500. The molecule has 0 bridgehead atoms. The average Bonchev–Trinajstić information content (AvgIpc) is 3.29. The van der Waals surface area contributed by atoms with Crippen molar-refractivity contribution in [1.82, 2.24) is 10.2 Å². The first kappa shape index (κ1) is 21.4. The van der Waals surface area contributed by atoms with Gasteiger partial charge in [-0.3, -0.25) is 9.69 Å². The maximum absolute atomic E-state index is 12.6. The maximum atomic E-state index is 12.6. The van der Waals surface area contributed by atoms with Crippen LogP contribution in [0.25, 0.3) is 0 Å². The first-order chi connectivity index (χ1) is 14.7. The van der Waals surface area contributed by atoms with Gasteiger partial charge in [0.2, 0.25) is 5.91 Å². The van der Waals surface area contributed by atoms with E-state index >= 15 is 0 Å². The van der Waals surface area contributed by atoms with Crippen LogP contribution in [0, 0.1) is 5.92 Å². The molecule has 1 saturated carbocycles. The molecule has 160 valence electrons. The summed E-state index contributed by atoms with van der Waals surface area (Å²) in [6.07, 6.45) is 7.68. The van der Waals surface area contributed by atoms with E-state index < -0.39 is 0 Å². The molecule has 2 aromatic rings. The Kier molecular flexibility index (Phi) is 7.46. The number of halogens is 1. The van der Waals surface area contributed by atoms with Gasteiger partial charge in [-0.05, 0) is 92.8 Å². The maximum Gasteiger partial charge on any atom is 0.223 e. The highest BCUT2D eigenvalue weighted by Gasteiger charge is 2.26. The molecule has 1 aliphatic carbocycles. The second-order valence-corrected chi connectivity index (χ2v) is 9.38. The van der Waals surface area contributed by atoms with Crippen LogP contribution in [0.4, 0.5) is 0 Å². The van der Waals surface area contributed by atoms with Gasteiger partial charge in [-0.1, -0.05) is 48.0 Å². The van der Waals surface area contributed by atoms with Gasteiger partial charge in [-0.25, -0.2) is 0 Å². The van der Waals surface area contributed by atoms with Gasteiger partial charge >= 0.3 is 0 Å². The van der Waals surface area contributed by atoms with Crippen molar-refractivity contribution in [3.8, 4) is 0 Å². The Morgan fingerprint density at radius 3 is 2.20 bits per heavy atom. The number of likely N-dealkylation sites (tertiary alicyclic amines) is 1. The van der Waals surface area contributed by atoms with Crippen LogP contribution in [0.5, 0.6) is 0 Å². The lowest BCUT2D eigenvalue weighted by Gasteiger charge is -2.28. The van der Waals surface area contributed by atoms with Crippen molar-refractivity contribution in [1.29, 1.82) is 0 Å². The summed E-state index contributed by atoms with van der Waals surface area (Å²) in [6, 6.07) is 17.1. The summed E-state index contributed by atoms with van der Waals surface area (Å²) in [7, 11) is 0. The number of hydrogen-bond donors (Lipinski definition) is 1. The summed E-state index contributed by atoms with van der Waals surface area (Å²) in [5.41, 5.74) is 4.04. The second kappa shape index (κ2) is 10.5. The molecule has 2 aromatic carbocycles. The SMILES string of the molecule is O=C(NCCc1ccc(CN2CCCC2)cc1)C1CCC(c2ccc(Cl)cc2)CC1. The van der Waals surface area contributed by atoms with Gasteiger partial charge in [0.15, 0.2) is 0 Å². The van der Waals surface area contributed by atoms with E-state index in [1.54, 1.807) is 0 Å². The van der Waals surface area contributed by atoms with Crippen molar-refractivity contribution < 1.29 is 4.79 Å². The van der Waals surface area contributed by atoms with Crippen LogP contribution in [0.1, 0.15) is 61.1 Å². The molecule has 2 fully saturated rings. The highest BCUT2D eigenvalue weighted by Crippen LogP contribution is 2.36. The number of amides is 1. The first-order valence-corrected chi connectivity index (χ1v) is 11.9. The molecule has 4 heteroatoms. The highest BCUT2D eigenvalue weighted by molar-refractivity contribution is 6.30. The Bertz CT molecular complexity index is 804. The Labute approximate surface area is 185 Å². The van der Waals surface area contributed by atoms with Crippen LogP contribution < -0.4 is 5.32 Å². The zero-order chi connectivity index (χ0) is 20.8. The molecule has 3 nitrogen and oxygen atoms in total. The van der Waals surface area contributed by atoms with Crippen LogP contribution in [0.15, 0.2) is 48.5 Å². The number of rotatable bonds is 7. The van der Waals surface area contributed by atoms with Crippen molar-refractivity contribution in [2.24, 2.45) is 5.92 Å². The summed E-state index contributed by atoms with van der Waals surface area (Å²) in [5, 5.41) is 3.96. The van der Waals surface area contributed by atoms with Crippen LogP contribution in [-0.4, -0.2) is 30.4 Å². The van der Waals surface area contributed by atoms with Gasteiger partial charge < -0.3 is 5.32 Å². The Morgan fingerprint density at radius 2 is 1.53 bits per heavy atom. The van der Waals surface area contributed by atoms with E-state index in [1.165, 1.54) is 42.6 Å². The molecule has 0 spiro atoms. The van der Waals surface area contributed by atoms with E-state index in [4.69, 9.17) is 11.6 Å². The molecule has 1 saturated heterocycles. The molecule has 1 amide bonds. The zero-order valence-electron chi connectivity index (χ0n) is 17.8. The normalized spacial score (nSPS) is 22.2. The van der Waals surface area contributed by atoms with Gasteiger partial charge in [0, 0.05) is 24.0 Å². The predicted octanol–water partition coefficient (Wildman–Crippen LogP) is 5.57. The van der Waals surface area contributed by atoms with Gasteiger partial charge in [-0.15, -0.1) is 0 Å². The van der Waals surface area contributed by atoms with Gasteiger partial charge in [0.05, 0.1) is 0 Å². The first-order valence-electron chi connectivity index (χ1n) is 11.5. The predicted molar refractivity (Wildman–Crippen MR) is 124 cm³/mol. The van der Waals surface area contributed by atoms with Crippen molar-refractivity contribution in [3.63, 3.8) is 0 Å². The van der Waals surface area contributed by atoms with Crippen LogP contribution >= 0.6 is 11.6 Å². The molecular formula is C26H33ClN2O. The van der Waals surface area contributed by atoms with E-state index in [2.05, 4.69) is 46.6 Å². The summed E-state index contributed by atoms with van der Waals surface area (Å²) in [6.45, 7) is 4.25. The summed E-state index contributed by atoms with van der Waals surface area (Å²) < 4.78 is 0. The Hall–Kier alpha value is -1.84. The molecule has 2 aliphatic rings. The third-order valence-corrected chi connectivity index (χ3v) is 7.03. The molecule has 1 heterocycles. The van der Waals surface area contributed by atoms with E-state index in [1.807, 2.05) is 12.1 Å². The quantitative estimate of drug-likeness (QED) is 0.630.